The van der Waals surface area contributed by atoms with E-state index in [9.17, 15) is 13.2 Å². The molecule has 1 atom stereocenters. The van der Waals surface area contributed by atoms with Crippen molar-refractivity contribution in [3.63, 3.8) is 0 Å². The molecular weight excluding hydrogens is 508 g/mol. The summed E-state index contributed by atoms with van der Waals surface area (Å²) < 4.78 is 39.2. The highest BCUT2D eigenvalue weighted by Gasteiger charge is 2.27. The third-order valence-electron chi connectivity index (χ3n) is 5.02. The zero-order chi connectivity index (χ0) is 24.0. The molecule has 3 rings (SSSR count). The van der Waals surface area contributed by atoms with Gasteiger partial charge in [-0.05, 0) is 61.0 Å². The smallest absolute Gasteiger partial charge is 0.264 e. The van der Waals surface area contributed by atoms with Crippen LogP contribution in [-0.2, 0) is 14.8 Å². The Morgan fingerprint density at radius 1 is 0.970 bits per heavy atom. The summed E-state index contributed by atoms with van der Waals surface area (Å²) in [6.45, 7) is 1.44. The van der Waals surface area contributed by atoms with Crippen LogP contribution in [0, 0.1) is 0 Å². The lowest BCUT2D eigenvalue weighted by Gasteiger charge is -2.25. The van der Waals surface area contributed by atoms with E-state index < -0.39 is 15.9 Å². The molecule has 0 bridgehead atoms. The summed E-state index contributed by atoms with van der Waals surface area (Å²) in [4.78, 5) is 13.1. The van der Waals surface area contributed by atoms with E-state index in [1.165, 1.54) is 19.2 Å². The van der Waals surface area contributed by atoms with Gasteiger partial charge in [0.25, 0.3) is 10.0 Å². The fourth-order valence-corrected chi connectivity index (χ4v) is 4.97. The molecule has 33 heavy (non-hydrogen) atoms. The van der Waals surface area contributed by atoms with Crippen molar-refractivity contribution in [2.24, 2.45) is 0 Å². The van der Waals surface area contributed by atoms with Crippen LogP contribution in [0.3, 0.4) is 0 Å². The SMILES string of the molecule is COc1ccc([C@@H](C)NC(=O)CN(c2ccc(Br)cc2)S(=O)(=O)c2ccccc2)cc1OC. The van der Waals surface area contributed by atoms with E-state index >= 15 is 0 Å². The second-order valence-corrected chi connectivity index (χ2v) is 9.98. The Hall–Kier alpha value is -3.04. The molecule has 3 aromatic rings. The van der Waals surface area contributed by atoms with Crippen LogP contribution < -0.4 is 19.1 Å². The molecule has 7 nitrogen and oxygen atoms in total. The number of nitrogens with one attached hydrogen (secondary N) is 1. The second-order valence-electron chi connectivity index (χ2n) is 7.20. The van der Waals surface area contributed by atoms with Crippen molar-refractivity contribution in [1.82, 2.24) is 5.32 Å². The Labute approximate surface area is 202 Å². The number of methoxy groups -OCH3 is 2. The molecule has 0 heterocycles. The van der Waals surface area contributed by atoms with Crippen molar-refractivity contribution in [2.75, 3.05) is 25.1 Å². The van der Waals surface area contributed by atoms with E-state index in [2.05, 4.69) is 21.2 Å². The van der Waals surface area contributed by atoms with Gasteiger partial charge in [0.15, 0.2) is 11.5 Å². The normalized spacial score (nSPS) is 12.0. The van der Waals surface area contributed by atoms with E-state index in [-0.39, 0.29) is 17.5 Å². The number of sulfonamides is 1. The molecule has 3 aromatic carbocycles. The molecule has 0 unspecified atom stereocenters. The van der Waals surface area contributed by atoms with Gasteiger partial charge in [-0.15, -0.1) is 0 Å². The molecule has 0 spiro atoms. The molecule has 0 aliphatic heterocycles. The molecule has 0 aromatic heterocycles. The molecule has 0 radical (unpaired) electrons. The highest BCUT2D eigenvalue weighted by atomic mass is 79.9. The molecule has 0 saturated carbocycles. The Morgan fingerprint density at radius 3 is 2.21 bits per heavy atom. The van der Waals surface area contributed by atoms with Crippen molar-refractivity contribution < 1.29 is 22.7 Å². The van der Waals surface area contributed by atoms with Crippen molar-refractivity contribution in [2.45, 2.75) is 17.9 Å². The van der Waals surface area contributed by atoms with Gasteiger partial charge in [-0.25, -0.2) is 8.42 Å². The largest absolute Gasteiger partial charge is 0.493 e. The van der Waals surface area contributed by atoms with Crippen LogP contribution in [-0.4, -0.2) is 35.1 Å². The van der Waals surface area contributed by atoms with Crippen LogP contribution in [0.4, 0.5) is 5.69 Å². The average Bonchev–Trinajstić information content (AvgIpc) is 2.83. The van der Waals surface area contributed by atoms with Gasteiger partial charge in [0.2, 0.25) is 5.91 Å². The van der Waals surface area contributed by atoms with Crippen LogP contribution in [0.2, 0.25) is 0 Å². The van der Waals surface area contributed by atoms with Gasteiger partial charge in [-0.2, -0.15) is 0 Å². The molecule has 0 aliphatic rings. The van der Waals surface area contributed by atoms with Crippen LogP contribution in [0.25, 0.3) is 0 Å². The first-order valence-electron chi connectivity index (χ1n) is 10.1. The Morgan fingerprint density at radius 2 is 1.61 bits per heavy atom. The molecule has 9 heteroatoms. The van der Waals surface area contributed by atoms with E-state index in [0.717, 1.165) is 14.3 Å². The van der Waals surface area contributed by atoms with Crippen molar-refractivity contribution in [3.8, 4) is 11.5 Å². The highest BCUT2D eigenvalue weighted by Crippen LogP contribution is 2.30. The first kappa shape index (κ1) is 24.6. The minimum absolute atomic E-state index is 0.105. The zero-order valence-electron chi connectivity index (χ0n) is 18.5. The van der Waals surface area contributed by atoms with E-state index in [1.54, 1.807) is 61.7 Å². The predicted molar refractivity (Wildman–Crippen MR) is 131 cm³/mol. The Kier molecular flexibility index (Phi) is 7.99. The quantitative estimate of drug-likeness (QED) is 0.437. The minimum atomic E-state index is -3.96. The fraction of sp³-hybridized carbons (Fsp3) is 0.208. The van der Waals surface area contributed by atoms with Crippen LogP contribution >= 0.6 is 15.9 Å². The number of amides is 1. The van der Waals surface area contributed by atoms with Crippen molar-refractivity contribution in [1.29, 1.82) is 0 Å². The first-order chi connectivity index (χ1) is 15.8. The highest BCUT2D eigenvalue weighted by molar-refractivity contribution is 9.10. The molecule has 174 valence electrons. The summed E-state index contributed by atoms with van der Waals surface area (Å²) in [6, 6.07) is 19.8. The standard InChI is InChI=1S/C24H25BrN2O5S/c1-17(18-9-14-22(31-2)23(15-18)32-3)26-24(28)16-27(20-12-10-19(25)11-13-20)33(29,30)21-7-5-4-6-8-21/h4-15,17H,16H2,1-3H3,(H,26,28)/t17-/m1/s1. The lowest BCUT2D eigenvalue weighted by atomic mass is 10.1. The molecule has 0 aliphatic carbocycles. The van der Waals surface area contributed by atoms with E-state index in [0.29, 0.717) is 17.2 Å². The fourth-order valence-electron chi connectivity index (χ4n) is 3.27. The lowest BCUT2D eigenvalue weighted by Crippen LogP contribution is -2.41. The number of ether oxygens (including phenoxy) is 2. The number of hydrogen-bond acceptors (Lipinski definition) is 5. The Bertz CT molecular complexity index is 1200. The second kappa shape index (κ2) is 10.7. The van der Waals surface area contributed by atoms with E-state index in [1.807, 2.05) is 13.0 Å². The maximum atomic E-state index is 13.4. The molecule has 0 fully saturated rings. The van der Waals surface area contributed by atoms with Crippen LogP contribution in [0.5, 0.6) is 11.5 Å². The maximum Gasteiger partial charge on any atom is 0.264 e. The summed E-state index contributed by atoms with van der Waals surface area (Å²) in [5.74, 6) is 0.675. The lowest BCUT2D eigenvalue weighted by molar-refractivity contribution is -0.120. The molecule has 1 N–H and O–H groups in total. The summed E-state index contributed by atoms with van der Waals surface area (Å²) in [5, 5.41) is 2.87. The average molecular weight is 533 g/mol. The van der Waals surface area contributed by atoms with Gasteiger partial charge in [0.1, 0.15) is 6.54 Å². The summed E-state index contributed by atoms with van der Waals surface area (Å²) in [5.41, 5.74) is 1.18. The molecule has 1 amide bonds. The predicted octanol–water partition coefficient (Wildman–Crippen LogP) is 4.54. The number of carbonyl (C=O) groups excluding carboxylic acids is 1. The number of carbonyl (C=O) groups is 1. The van der Waals surface area contributed by atoms with Gasteiger partial charge in [0, 0.05) is 4.47 Å². The van der Waals surface area contributed by atoms with E-state index in [4.69, 9.17) is 9.47 Å². The number of rotatable bonds is 9. The Balaban J connectivity index is 1.85. The summed E-state index contributed by atoms with van der Waals surface area (Å²) in [6.07, 6.45) is 0. The third kappa shape index (κ3) is 5.85. The van der Waals surface area contributed by atoms with Gasteiger partial charge in [-0.1, -0.05) is 40.2 Å². The summed E-state index contributed by atoms with van der Waals surface area (Å²) >= 11 is 3.35. The maximum absolute atomic E-state index is 13.4. The van der Waals surface area contributed by atoms with Crippen LogP contribution in [0.15, 0.2) is 82.2 Å². The first-order valence-corrected chi connectivity index (χ1v) is 12.3. The van der Waals surface area contributed by atoms with Crippen molar-refractivity contribution >= 4 is 37.5 Å². The minimum Gasteiger partial charge on any atom is -0.493 e. The van der Waals surface area contributed by atoms with Gasteiger partial charge in [-0.3, -0.25) is 9.10 Å². The monoisotopic (exact) mass is 532 g/mol. The van der Waals surface area contributed by atoms with Gasteiger partial charge >= 0.3 is 0 Å². The van der Waals surface area contributed by atoms with Gasteiger partial charge < -0.3 is 14.8 Å². The third-order valence-corrected chi connectivity index (χ3v) is 7.33. The number of benzene rings is 3. The number of halogens is 1. The topological polar surface area (TPSA) is 84.9 Å². The van der Waals surface area contributed by atoms with Crippen molar-refractivity contribution in [3.05, 3.63) is 82.8 Å². The molecular formula is C24H25BrN2O5S. The zero-order valence-corrected chi connectivity index (χ0v) is 20.9. The van der Waals surface area contributed by atoms with Gasteiger partial charge in [0.05, 0.1) is 30.8 Å². The number of nitrogens with zero attached hydrogens (tertiary/aromatic N) is 1. The molecule has 0 saturated heterocycles. The number of anilines is 1. The number of hydrogen-bond donors (Lipinski definition) is 1. The van der Waals surface area contributed by atoms with Crippen LogP contribution in [0.1, 0.15) is 18.5 Å². The summed E-state index contributed by atoms with van der Waals surface area (Å²) in [7, 11) is -0.876.